The molecule has 2 N–H and O–H groups in total. The number of benzene rings is 1. The summed E-state index contributed by atoms with van der Waals surface area (Å²) >= 11 is 5.84. The number of fused-ring (bicyclic) bond motifs is 1. The largest absolute Gasteiger partial charge is 0.417 e. The van der Waals surface area contributed by atoms with Crippen molar-refractivity contribution in [1.29, 1.82) is 0 Å². The van der Waals surface area contributed by atoms with Gasteiger partial charge in [0.25, 0.3) is 0 Å². The molecular formula is C20H18ClF4NO3. The minimum Gasteiger partial charge on any atom is -0.393 e. The van der Waals surface area contributed by atoms with E-state index in [-0.39, 0.29) is 42.5 Å². The Balaban J connectivity index is 1.86. The van der Waals surface area contributed by atoms with Gasteiger partial charge in [-0.25, -0.2) is 4.39 Å². The molecule has 2 unspecified atom stereocenters. The molecule has 0 amide bonds. The molecule has 0 radical (unpaired) electrons. The van der Waals surface area contributed by atoms with Crippen molar-refractivity contribution in [3.8, 4) is 0 Å². The minimum absolute atomic E-state index is 0.0903. The van der Waals surface area contributed by atoms with Crippen LogP contribution in [0.1, 0.15) is 41.6 Å². The summed E-state index contributed by atoms with van der Waals surface area (Å²) in [7, 11) is 0. The number of aryl methyl sites for hydroxylation is 1. The third-order valence-corrected chi connectivity index (χ3v) is 5.71. The van der Waals surface area contributed by atoms with E-state index < -0.39 is 40.4 Å². The Morgan fingerprint density at radius 1 is 1.21 bits per heavy atom. The number of hydrogen-bond donors (Lipinski definition) is 2. The van der Waals surface area contributed by atoms with E-state index in [9.17, 15) is 28.2 Å². The minimum atomic E-state index is -4.64. The van der Waals surface area contributed by atoms with Crippen molar-refractivity contribution in [3.05, 3.63) is 63.9 Å². The summed E-state index contributed by atoms with van der Waals surface area (Å²) in [4.78, 5) is 16.7. The molecule has 0 saturated heterocycles. The predicted octanol–water partition coefficient (Wildman–Crippen LogP) is 4.09. The number of Topliss-reactive ketones (excluding diaryl/α,β-unsaturated/α-hetero) is 1. The van der Waals surface area contributed by atoms with Crippen molar-refractivity contribution in [2.24, 2.45) is 0 Å². The van der Waals surface area contributed by atoms with E-state index in [0.717, 1.165) is 6.07 Å². The van der Waals surface area contributed by atoms with Gasteiger partial charge in [-0.05, 0) is 37.0 Å². The maximum atomic E-state index is 15.7. The van der Waals surface area contributed by atoms with Gasteiger partial charge in [-0.3, -0.25) is 9.78 Å². The number of nitrogens with zero attached hydrogens (tertiary/aromatic N) is 1. The van der Waals surface area contributed by atoms with Gasteiger partial charge in [-0.15, -0.1) is 0 Å². The number of pyridine rings is 1. The Morgan fingerprint density at radius 3 is 2.59 bits per heavy atom. The maximum absolute atomic E-state index is 15.7. The number of alkyl halides is 4. The first kappa shape index (κ1) is 21.7. The van der Waals surface area contributed by atoms with Crippen molar-refractivity contribution in [2.75, 3.05) is 6.61 Å². The Hall–Kier alpha value is -2.03. The van der Waals surface area contributed by atoms with Gasteiger partial charge in [0.2, 0.25) is 0 Å². The van der Waals surface area contributed by atoms with Gasteiger partial charge in [-0.2, -0.15) is 13.2 Å². The topological polar surface area (TPSA) is 70.4 Å². The molecule has 1 aliphatic rings. The molecule has 1 aromatic heterocycles. The van der Waals surface area contributed by atoms with Crippen LogP contribution in [0.5, 0.6) is 0 Å². The number of carbonyl (C=O) groups excluding carboxylic acids is 1. The second kappa shape index (κ2) is 7.66. The van der Waals surface area contributed by atoms with Gasteiger partial charge in [0.1, 0.15) is 5.60 Å². The molecule has 0 spiro atoms. The Labute approximate surface area is 169 Å². The number of rotatable bonds is 5. The zero-order chi connectivity index (χ0) is 21.4. The fourth-order valence-electron chi connectivity index (χ4n) is 3.61. The van der Waals surface area contributed by atoms with Gasteiger partial charge < -0.3 is 10.2 Å². The summed E-state index contributed by atoms with van der Waals surface area (Å²) in [5.74, 6) is -0.847. The summed E-state index contributed by atoms with van der Waals surface area (Å²) in [6.45, 7) is -0.679. The molecule has 0 aliphatic heterocycles. The second-order valence-corrected chi connectivity index (χ2v) is 7.47. The second-order valence-electron chi connectivity index (χ2n) is 7.09. The Kier molecular flexibility index (Phi) is 5.73. The standard InChI is InChI=1S/C20H18ClF4NO3/c21-16-12(3-1-4-13(16)20(23,24)25)6-7-15(28)19(22)9-8-18(29,11-27)17-14(19)5-2-10-26-17/h1-5,10,27,29H,6-9,11H2. The lowest BCUT2D eigenvalue weighted by molar-refractivity contribution is -0.137. The number of aliphatic hydroxyl groups is 2. The lowest BCUT2D eigenvalue weighted by Crippen LogP contribution is -2.45. The number of hydrogen-bond acceptors (Lipinski definition) is 4. The van der Waals surface area contributed by atoms with Gasteiger partial charge in [0.05, 0.1) is 22.9 Å². The van der Waals surface area contributed by atoms with Gasteiger partial charge in [0.15, 0.2) is 11.5 Å². The summed E-state index contributed by atoms with van der Waals surface area (Å²) in [6, 6.07) is 6.10. The van der Waals surface area contributed by atoms with E-state index in [1.54, 1.807) is 0 Å². The molecule has 3 rings (SSSR count). The van der Waals surface area contributed by atoms with Crippen LogP contribution >= 0.6 is 11.6 Å². The zero-order valence-electron chi connectivity index (χ0n) is 15.1. The molecule has 1 heterocycles. The van der Waals surface area contributed by atoms with Crippen LogP contribution < -0.4 is 0 Å². The lowest BCUT2D eigenvalue weighted by atomic mass is 9.72. The number of carbonyl (C=O) groups is 1. The van der Waals surface area contributed by atoms with Crippen LogP contribution in [0, 0.1) is 0 Å². The summed E-state index contributed by atoms with van der Waals surface area (Å²) < 4.78 is 54.7. The molecule has 9 heteroatoms. The molecule has 29 heavy (non-hydrogen) atoms. The highest BCUT2D eigenvalue weighted by molar-refractivity contribution is 6.32. The molecule has 4 nitrogen and oxygen atoms in total. The van der Waals surface area contributed by atoms with Crippen molar-refractivity contribution < 1.29 is 32.6 Å². The van der Waals surface area contributed by atoms with E-state index >= 15 is 4.39 Å². The number of aliphatic hydroxyl groups excluding tert-OH is 1. The van der Waals surface area contributed by atoms with Crippen LogP contribution in [-0.4, -0.2) is 27.6 Å². The van der Waals surface area contributed by atoms with Crippen molar-refractivity contribution >= 4 is 17.4 Å². The fourth-order valence-corrected chi connectivity index (χ4v) is 3.94. The van der Waals surface area contributed by atoms with Gasteiger partial charge in [-0.1, -0.05) is 29.8 Å². The zero-order valence-corrected chi connectivity index (χ0v) is 15.9. The van der Waals surface area contributed by atoms with Gasteiger partial charge >= 0.3 is 6.18 Å². The smallest absolute Gasteiger partial charge is 0.393 e. The molecule has 0 fully saturated rings. The third-order valence-electron chi connectivity index (χ3n) is 5.27. The van der Waals surface area contributed by atoms with Crippen LogP contribution in [0.3, 0.4) is 0 Å². The highest BCUT2D eigenvalue weighted by Gasteiger charge is 2.51. The molecule has 1 aromatic carbocycles. The molecule has 2 atom stereocenters. The summed E-state index contributed by atoms with van der Waals surface area (Å²) in [5, 5.41) is 19.4. The van der Waals surface area contributed by atoms with Crippen LogP contribution in [0.4, 0.5) is 17.6 Å². The van der Waals surface area contributed by atoms with Crippen LogP contribution in [0.2, 0.25) is 5.02 Å². The summed E-state index contributed by atoms with van der Waals surface area (Å²) in [6.07, 6.45) is -4.48. The SMILES string of the molecule is O=C(CCc1cccc(C(F)(F)F)c1Cl)C1(F)CCC(O)(CO)c2ncccc21. The van der Waals surface area contributed by atoms with Crippen LogP contribution in [0.15, 0.2) is 36.5 Å². The van der Waals surface area contributed by atoms with E-state index in [4.69, 9.17) is 11.6 Å². The Morgan fingerprint density at radius 2 is 1.93 bits per heavy atom. The lowest BCUT2D eigenvalue weighted by Gasteiger charge is -2.38. The maximum Gasteiger partial charge on any atom is 0.417 e. The number of halogens is 5. The van der Waals surface area contributed by atoms with E-state index in [0.29, 0.717) is 0 Å². The Bertz CT molecular complexity index is 936. The summed E-state index contributed by atoms with van der Waals surface area (Å²) in [5.41, 5.74) is -5.38. The normalized spacial score (nSPS) is 24.2. The average Bonchev–Trinajstić information content (AvgIpc) is 2.69. The molecule has 156 valence electrons. The highest BCUT2D eigenvalue weighted by atomic mass is 35.5. The molecule has 0 saturated carbocycles. The number of aromatic nitrogens is 1. The molecule has 2 aromatic rings. The average molecular weight is 432 g/mol. The first-order valence-corrected chi connectivity index (χ1v) is 9.27. The van der Waals surface area contributed by atoms with Crippen molar-refractivity contribution in [1.82, 2.24) is 4.98 Å². The third kappa shape index (κ3) is 3.89. The van der Waals surface area contributed by atoms with Crippen molar-refractivity contribution in [3.63, 3.8) is 0 Å². The monoisotopic (exact) mass is 431 g/mol. The van der Waals surface area contributed by atoms with Crippen LogP contribution in [0.25, 0.3) is 0 Å². The van der Waals surface area contributed by atoms with E-state index in [1.807, 2.05) is 0 Å². The van der Waals surface area contributed by atoms with E-state index in [1.165, 1.54) is 30.5 Å². The first-order chi connectivity index (χ1) is 13.5. The van der Waals surface area contributed by atoms with Crippen molar-refractivity contribution in [2.45, 2.75) is 43.1 Å². The number of ketones is 1. The van der Waals surface area contributed by atoms with E-state index in [2.05, 4.69) is 4.98 Å². The highest BCUT2D eigenvalue weighted by Crippen LogP contribution is 2.46. The molecular weight excluding hydrogens is 414 g/mol. The van der Waals surface area contributed by atoms with Crippen LogP contribution in [-0.2, 0) is 28.7 Å². The predicted molar refractivity (Wildman–Crippen MR) is 97.0 cm³/mol. The first-order valence-electron chi connectivity index (χ1n) is 8.89. The molecule has 1 aliphatic carbocycles. The molecule has 0 bridgehead atoms. The quantitative estimate of drug-likeness (QED) is 0.699. The fraction of sp³-hybridized carbons (Fsp3) is 0.400. The van der Waals surface area contributed by atoms with Gasteiger partial charge in [0, 0.05) is 18.2 Å².